The van der Waals surface area contributed by atoms with Crippen LogP contribution in [0.4, 0.5) is 0 Å². The molecule has 0 fully saturated rings. The number of amides is 1. The molecule has 0 radical (unpaired) electrons. The van der Waals surface area contributed by atoms with Crippen molar-refractivity contribution in [2.45, 2.75) is 17.8 Å². The van der Waals surface area contributed by atoms with Gasteiger partial charge in [-0.25, -0.2) is 4.68 Å². The second kappa shape index (κ2) is 7.91. The lowest BCUT2D eigenvalue weighted by Crippen LogP contribution is -2.25. The Hall–Kier alpha value is -2.02. The molecule has 0 saturated carbocycles. The number of hydrogen-bond donors (Lipinski definition) is 1. The van der Waals surface area contributed by atoms with Crippen molar-refractivity contribution in [2.24, 2.45) is 0 Å². The number of rotatable bonds is 5. The van der Waals surface area contributed by atoms with Crippen LogP contribution >= 0.6 is 35.0 Å². The standard InChI is InChI=1S/C17H14Cl2N4OS/c1-11-20-21-17(25-10-12-5-3-2-4-6-12)23(11)22-16(24)14-8-7-13(18)9-15(14)19/h2-9H,10H2,1H3,(H,22,24). The molecule has 1 heterocycles. The molecule has 1 aromatic heterocycles. The van der Waals surface area contributed by atoms with E-state index in [9.17, 15) is 4.79 Å². The van der Waals surface area contributed by atoms with Crippen molar-refractivity contribution in [1.29, 1.82) is 0 Å². The first-order valence-electron chi connectivity index (χ1n) is 7.40. The molecule has 0 bridgehead atoms. The second-order valence-electron chi connectivity index (χ2n) is 5.20. The Morgan fingerprint density at radius 3 is 2.64 bits per heavy atom. The Kier molecular flexibility index (Phi) is 5.63. The van der Waals surface area contributed by atoms with Crippen molar-refractivity contribution in [3.63, 3.8) is 0 Å². The number of aryl methyl sites for hydroxylation is 1. The molecule has 128 valence electrons. The molecule has 0 unspecified atom stereocenters. The first-order chi connectivity index (χ1) is 12.0. The van der Waals surface area contributed by atoms with E-state index in [1.165, 1.54) is 17.8 Å². The molecule has 8 heteroatoms. The third kappa shape index (κ3) is 4.34. The molecule has 3 rings (SSSR count). The predicted octanol–water partition coefficient (Wildman–Crippen LogP) is 4.57. The van der Waals surface area contributed by atoms with Gasteiger partial charge in [0.15, 0.2) is 0 Å². The van der Waals surface area contributed by atoms with Crippen molar-refractivity contribution in [3.05, 3.63) is 75.5 Å². The molecular weight excluding hydrogens is 379 g/mol. The first kappa shape index (κ1) is 17.8. The van der Waals surface area contributed by atoms with E-state index in [0.29, 0.717) is 21.6 Å². The Morgan fingerprint density at radius 1 is 1.16 bits per heavy atom. The van der Waals surface area contributed by atoms with E-state index < -0.39 is 0 Å². The molecule has 2 aromatic carbocycles. The number of hydrogen-bond acceptors (Lipinski definition) is 4. The van der Waals surface area contributed by atoms with Gasteiger partial charge in [-0.3, -0.25) is 10.2 Å². The molecular formula is C17H14Cl2N4OS. The summed E-state index contributed by atoms with van der Waals surface area (Å²) < 4.78 is 1.56. The highest BCUT2D eigenvalue weighted by Crippen LogP contribution is 2.23. The van der Waals surface area contributed by atoms with Crippen LogP contribution in [0.1, 0.15) is 21.7 Å². The highest BCUT2D eigenvalue weighted by molar-refractivity contribution is 7.98. The van der Waals surface area contributed by atoms with Crippen molar-refractivity contribution >= 4 is 40.9 Å². The minimum atomic E-state index is -0.355. The molecule has 1 amide bonds. The van der Waals surface area contributed by atoms with Gasteiger partial charge in [0, 0.05) is 10.8 Å². The molecule has 0 aliphatic heterocycles. The summed E-state index contributed by atoms with van der Waals surface area (Å²) in [5, 5.41) is 9.51. The maximum absolute atomic E-state index is 12.5. The predicted molar refractivity (Wildman–Crippen MR) is 101 cm³/mol. The van der Waals surface area contributed by atoms with Gasteiger partial charge in [0.1, 0.15) is 5.82 Å². The smallest absolute Gasteiger partial charge is 0.267 e. The molecule has 3 aromatic rings. The van der Waals surface area contributed by atoms with E-state index in [2.05, 4.69) is 15.6 Å². The zero-order valence-electron chi connectivity index (χ0n) is 13.2. The van der Waals surface area contributed by atoms with Crippen LogP contribution in [0.5, 0.6) is 0 Å². The number of thioether (sulfide) groups is 1. The van der Waals surface area contributed by atoms with Gasteiger partial charge in [-0.05, 0) is 30.7 Å². The summed E-state index contributed by atoms with van der Waals surface area (Å²) in [6.45, 7) is 1.77. The summed E-state index contributed by atoms with van der Waals surface area (Å²) in [5.41, 5.74) is 4.27. The van der Waals surface area contributed by atoms with Gasteiger partial charge in [-0.1, -0.05) is 65.3 Å². The van der Waals surface area contributed by atoms with Crippen LogP contribution < -0.4 is 5.43 Å². The number of carbonyl (C=O) groups excluding carboxylic acids is 1. The molecule has 0 saturated heterocycles. The van der Waals surface area contributed by atoms with Crippen molar-refractivity contribution in [3.8, 4) is 0 Å². The van der Waals surface area contributed by atoms with Gasteiger partial charge in [0.25, 0.3) is 5.91 Å². The lowest BCUT2D eigenvalue weighted by Gasteiger charge is -2.11. The van der Waals surface area contributed by atoms with Gasteiger partial charge in [0.2, 0.25) is 5.16 Å². The minimum absolute atomic E-state index is 0.286. The van der Waals surface area contributed by atoms with Crippen molar-refractivity contribution in [2.75, 3.05) is 5.43 Å². The molecule has 1 N–H and O–H groups in total. The van der Waals surface area contributed by atoms with E-state index in [4.69, 9.17) is 23.2 Å². The summed E-state index contributed by atoms with van der Waals surface area (Å²) in [5.74, 6) is 0.941. The number of aromatic nitrogens is 3. The highest BCUT2D eigenvalue weighted by Gasteiger charge is 2.16. The number of nitrogens with one attached hydrogen (secondary N) is 1. The summed E-state index contributed by atoms with van der Waals surface area (Å²) in [6.07, 6.45) is 0. The lowest BCUT2D eigenvalue weighted by atomic mass is 10.2. The molecule has 0 spiro atoms. The fourth-order valence-corrected chi connectivity index (χ4v) is 3.51. The fraction of sp³-hybridized carbons (Fsp3) is 0.118. The summed E-state index contributed by atoms with van der Waals surface area (Å²) in [7, 11) is 0. The van der Waals surface area contributed by atoms with E-state index in [-0.39, 0.29) is 10.9 Å². The largest absolute Gasteiger partial charge is 0.271 e. The molecule has 5 nitrogen and oxygen atoms in total. The van der Waals surface area contributed by atoms with Crippen LogP contribution in [0.2, 0.25) is 10.0 Å². The quantitative estimate of drug-likeness (QED) is 0.646. The van der Waals surface area contributed by atoms with Crippen molar-refractivity contribution < 1.29 is 4.79 Å². The number of benzene rings is 2. The molecule has 0 aliphatic carbocycles. The third-order valence-electron chi connectivity index (χ3n) is 3.40. The van der Waals surface area contributed by atoms with E-state index in [1.54, 1.807) is 23.7 Å². The van der Waals surface area contributed by atoms with Gasteiger partial charge >= 0.3 is 0 Å². The van der Waals surface area contributed by atoms with Crippen LogP contribution in [-0.2, 0) is 5.75 Å². The lowest BCUT2D eigenvalue weighted by molar-refractivity contribution is 0.101. The average molecular weight is 393 g/mol. The monoisotopic (exact) mass is 392 g/mol. The Labute approximate surface area is 159 Å². The van der Waals surface area contributed by atoms with Gasteiger partial charge < -0.3 is 0 Å². The maximum Gasteiger partial charge on any atom is 0.271 e. The molecule has 25 heavy (non-hydrogen) atoms. The number of carbonyl (C=O) groups is 1. The molecule has 0 aliphatic rings. The topological polar surface area (TPSA) is 59.8 Å². The SMILES string of the molecule is Cc1nnc(SCc2ccccc2)n1NC(=O)c1ccc(Cl)cc1Cl. The zero-order chi connectivity index (χ0) is 17.8. The normalized spacial score (nSPS) is 10.7. The Morgan fingerprint density at radius 2 is 1.92 bits per heavy atom. The minimum Gasteiger partial charge on any atom is -0.267 e. The third-order valence-corrected chi connectivity index (χ3v) is 4.94. The van der Waals surface area contributed by atoms with Gasteiger partial charge in [-0.2, -0.15) is 0 Å². The molecule has 0 atom stereocenters. The fourth-order valence-electron chi connectivity index (χ4n) is 2.12. The van der Waals surface area contributed by atoms with Crippen molar-refractivity contribution in [1.82, 2.24) is 14.9 Å². The van der Waals surface area contributed by atoms with E-state index in [0.717, 1.165) is 11.3 Å². The van der Waals surface area contributed by atoms with E-state index in [1.807, 2.05) is 30.3 Å². The average Bonchev–Trinajstić information content (AvgIpc) is 2.94. The summed E-state index contributed by atoms with van der Waals surface area (Å²) in [6, 6.07) is 14.7. The van der Waals surface area contributed by atoms with Gasteiger partial charge in [-0.15, -0.1) is 10.2 Å². The zero-order valence-corrected chi connectivity index (χ0v) is 15.6. The van der Waals surface area contributed by atoms with Crippen LogP contribution in [0, 0.1) is 6.92 Å². The summed E-state index contributed by atoms with van der Waals surface area (Å²) in [4.78, 5) is 12.5. The Bertz CT molecular complexity index is 899. The Balaban J connectivity index is 1.76. The first-order valence-corrected chi connectivity index (χ1v) is 9.14. The summed E-state index contributed by atoms with van der Waals surface area (Å²) >= 11 is 13.4. The highest BCUT2D eigenvalue weighted by atomic mass is 35.5. The van der Waals surface area contributed by atoms with Crippen LogP contribution in [-0.4, -0.2) is 20.8 Å². The van der Waals surface area contributed by atoms with Gasteiger partial charge in [0.05, 0.1) is 10.6 Å². The number of nitrogens with zero attached hydrogens (tertiary/aromatic N) is 3. The van der Waals surface area contributed by atoms with E-state index >= 15 is 0 Å². The second-order valence-corrected chi connectivity index (χ2v) is 6.99. The van der Waals surface area contributed by atoms with Crippen LogP contribution in [0.25, 0.3) is 0 Å². The maximum atomic E-state index is 12.5. The number of halogens is 2. The van der Waals surface area contributed by atoms with Crippen LogP contribution in [0.15, 0.2) is 53.7 Å². The van der Waals surface area contributed by atoms with Crippen LogP contribution in [0.3, 0.4) is 0 Å².